The van der Waals surface area contributed by atoms with Gasteiger partial charge in [-0.1, -0.05) is 65.0 Å². The number of nitrogens with one attached hydrogen (secondary N) is 1. The van der Waals surface area contributed by atoms with Gasteiger partial charge in [-0.2, -0.15) is 0 Å². The Morgan fingerprint density at radius 1 is 1.03 bits per heavy atom. The molecule has 2 atom stereocenters. The maximum Gasteiger partial charge on any atom is 0.261 e. The summed E-state index contributed by atoms with van der Waals surface area (Å²) in [5, 5.41) is 3.03. The van der Waals surface area contributed by atoms with E-state index in [0.29, 0.717) is 17.9 Å². The van der Waals surface area contributed by atoms with Crippen molar-refractivity contribution in [2.24, 2.45) is 0 Å². The number of benzene rings is 2. The van der Waals surface area contributed by atoms with Crippen molar-refractivity contribution >= 4 is 11.8 Å². The number of carbonyl (C=O) groups excluding carboxylic acids is 2. The first kappa shape index (κ1) is 27.2. The monoisotopic (exact) mass is 468 g/mol. The van der Waals surface area contributed by atoms with Gasteiger partial charge in [0.2, 0.25) is 5.91 Å². The molecule has 0 heterocycles. The molecule has 1 N–H and O–H groups in total. The third-order valence-electron chi connectivity index (χ3n) is 5.92. The second-order valence-electron chi connectivity index (χ2n) is 9.65. The van der Waals surface area contributed by atoms with Crippen molar-refractivity contribution in [1.82, 2.24) is 10.2 Å². The molecule has 0 saturated heterocycles. The minimum Gasteiger partial charge on any atom is -0.497 e. The quantitative estimate of drug-likeness (QED) is 0.499. The number of carbonyl (C=O) groups is 2. The number of para-hydroxylation sites is 1. The zero-order valence-corrected chi connectivity index (χ0v) is 21.7. The summed E-state index contributed by atoms with van der Waals surface area (Å²) in [5.41, 5.74) is 1.79. The Kier molecular flexibility index (Phi) is 9.97. The molecule has 34 heavy (non-hydrogen) atoms. The van der Waals surface area contributed by atoms with E-state index < -0.39 is 6.04 Å². The van der Waals surface area contributed by atoms with Crippen LogP contribution in [0.4, 0.5) is 0 Å². The number of hydrogen-bond donors (Lipinski definition) is 1. The van der Waals surface area contributed by atoms with Crippen LogP contribution in [0.5, 0.6) is 11.5 Å². The highest BCUT2D eigenvalue weighted by Gasteiger charge is 2.30. The molecule has 0 aliphatic heterocycles. The Labute approximate surface area is 204 Å². The number of hydrogen-bond acceptors (Lipinski definition) is 4. The summed E-state index contributed by atoms with van der Waals surface area (Å²) < 4.78 is 11.4. The topological polar surface area (TPSA) is 67.9 Å². The first-order valence-electron chi connectivity index (χ1n) is 12.1. The molecule has 0 radical (unpaired) electrons. The second kappa shape index (κ2) is 12.4. The molecule has 6 nitrogen and oxygen atoms in total. The van der Waals surface area contributed by atoms with E-state index >= 15 is 0 Å². The van der Waals surface area contributed by atoms with Gasteiger partial charge in [0.05, 0.1) is 7.11 Å². The van der Waals surface area contributed by atoms with Gasteiger partial charge in [0.25, 0.3) is 5.91 Å². The first-order chi connectivity index (χ1) is 16.1. The van der Waals surface area contributed by atoms with Gasteiger partial charge in [-0.15, -0.1) is 0 Å². The van der Waals surface area contributed by atoms with Crippen molar-refractivity contribution in [3.63, 3.8) is 0 Å². The highest BCUT2D eigenvalue weighted by atomic mass is 16.5. The maximum absolute atomic E-state index is 13.5. The minimum atomic E-state index is -0.603. The number of amides is 2. The third kappa shape index (κ3) is 7.51. The second-order valence-corrected chi connectivity index (χ2v) is 9.65. The lowest BCUT2D eigenvalue weighted by Gasteiger charge is -2.31. The molecule has 2 rings (SSSR count). The van der Waals surface area contributed by atoms with Gasteiger partial charge in [0, 0.05) is 12.6 Å². The number of ether oxygens (including phenoxy) is 2. The zero-order chi connectivity index (χ0) is 25.3. The Morgan fingerprint density at radius 3 is 2.35 bits per heavy atom. The lowest BCUT2D eigenvalue weighted by atomic mass is 9.86. The fraction of sp³-hybridized carbons (Fsp3) is 0.500. The Hall–Kier alpha value is -3.02. The molecule has 0 bridgehead atoms. The van der Waals surface area contributed by atoms with Gasteiger partial charge in [-0.3, -0.25) is 9.59 Å². The van der Waals surface area contributed by atoms with Gasteiger partial charge in [-0.05, 0) is 54.5 Å². The van der Waals surface area contributed by atoms with Crippen molar-refractivity contribution < 1.29 is 19.1 Å². The normalized spacial score (nSPS) is 13.0. The Balaban J connectivity index is 2.30. The molecular formula is C28H40N2O4. The summed E-state index contributed by atoms with van der Waals surface area (Å²) in [5.74, 6) is 1.00. The zero-order valence-electron chi connectivity index (χ0n) is 21.7. The van der Waals surface area contributed by atoms with Crippen molar-refractivity contribution in [2.45, 2.75) is 78.4 Å². The molecule has 0 aliphatic carbocycles. The molecule has 0 spiro atoms. The SMILES string of the molecule is CC[C@H](C(=O)N[C@@H](C)CC)N(Cc1cccc(OC)c1)C(=O)COc1ccccc1C(C)(C)C. The van der Waals surface area contributed by atoms with Gasteiger partial charge in [-0.25, -0.2) is 0 Å². The van der Waals surface area contributed by atoms with Gasteiger partial charge < -0.3 is 19.7 Å². The molecular weight excluding hydrogens is 428 g/mol. The van der Waals surface area contributed by atoms with E-state index in [1.54, 1.807) is 12.0 Å². The molecule has 0 unspecified atom stereocenters. The molecule has 2 aromatic rings. The fourth-order valence-corrected chi connectivity index (χ4v) is 3.76. The Bertz CT molecular complexity index is 951. The number of rotatable bonds is 11. The lowest BCUT2D eigenvalue weighted by molar-refractivity contribution is -0.143. The van der Waals surface area contributed by atoms with E-state index in [4.69, 9.17) is 9.47 Å². The lowest BCUT2D eigenvalue weighted by Crippen LogP contribution is -2.51. The standard InChI is InChI=1S/C28H40N2O4/c1-8-20(3)29-27(32)24(9-2)30(18-21-13-12-14-22(17-21)33-7)26(31)19-34-25-16-11-10-15-23(25)28(4,5)6/h10-17,20,24H,8-9,18-19H2,1-7H3,(H,29,32)/t20-,24+/m0/s1. The molecule has 0 aromatic heterocycles. The number of methoxy groups -OCH3 is 1. The van der Waals surface area contributed by atoms with Gasteiger partial charge in [0.15, 0.2) is 6.61 Å². The summed E-state index contributed by atoms with van der Waals surface area (Å²) in [7, 11) is 1.61. The largest absolute Gasteiger partial charge is 0.497 e. The van der Waals surface area contributed by atoms with E-state index in [1.165, 1.54) is 0 Å². The van der Waals surface area contributed by atoms with Crippen LogP contribution in [0, 0.1) is 0 Å². The summed E-state index contributed by atoms with van der Waals surface area (Å²) in [6, 6.07) is 14.7. The number of nitrogens with zero attached hydrogens (tertiary/aromatic N) is 1. The smallest absolute Gasteiger partial charge is 0.261 e. The summed E-state index contributed by atoms with van der Waals surface area (Å²) in [4.78, 5) is 28.2. The van der Waals surface area contributed by atoms with E-state index in [2.05, 4.69) is 26.1 Å². The van der Waals surface area contributed by atoms with E-state index in [0.717, 1.165) is 17.5 Å². The van der Waals surface area contributed by atoms with E-state index in [9.17, 15) is 9.59 Å². The van der Waals surface area contributed by atoms with E-state index in [-0.39, 0.29) is 36.4 Å². The van der Waals surface area contributed by atoms with Crippen LogP contribution < -0.4 is 14.8 Å². The Morgan fingerprint density at radius 2 is 1.74 bits per heavy atom. The average Bonchev–Trinajstić information content (AvgIpc) is 2.81. The van der Waals surface area contributed by atoms with Crippen LogP contribution in [0.1, 0.15) is 65.5 Å². The van der Waals surface area contributed by atoms with Crippen molar-refractivity contribution in [3.05, 3.63) is 59.7 Å². The molecule has 2 amide bonds. The van der Waals surface area contributed by atoms with Crippen LogP contribution >= 0.6 is 0 Å². The molecule has 2 aromatic carbocycles. The molecule has 186 valence electrons. The predicted molar refractivity (Wildman–Crippen MR) is 136 cm³/mol. The van der Waals surface area contributed by atoms with Crippen LogP contribution in [-0.4, -0.2) is 42.5 Å². The van der Waals surface area contributed by atoms with Crippen LogP contribution in [0.2, 0.25) is 0 Å². The summed E-state index contributed by atoms with van der Waals surface area (Å²) in [6.45, 7) is 12.4. The summed E-state index contributed by atoms with van der Waals surface area (Å²) in [6.07, 6.45) is 1.31. The predicted octanol–water partition coefficient (Wildman–Crippen LogP) is 5.09. The van der Waals surface area contributed by atoms with Crippen LogP contribution in [0.15, 0.2) is 48.5 Å². The first-order valence-corrected chi connectivity index (χ1v) is 12.1. The van der Waals surface area contributed by atoms with E-state index in [1.807, 2.05) is 69.3 Å². The van der Waals surface area contributed by atoms with Gasteiger partial charge >= 0.3 is 0 Å². The molecule has 0 aliphatic rings. The van der Waals surface area contributed by atoms with Crippen molar-refractivity contribution in [1.29, 1.82) is 0 Å². The van der Waals surface area contributed by atoms with Crippen molar-refractivity contribution in [3.8, 4) is 11.5 Å². The maximum atomic E-state index is 13.5. The molecule has 0 saturated carbocycles. The fourth-order valence-electron chi connectivity index (χ4n) is 3.76. The van der Waals surface area contributed by atoms with Crippen LogP contribution in [-0.2, 0) is 21.5 Å². The average molecular weight is 469 g/mol. The highest BCUT2D eigenvalue weighted by Crippen LogP contribution is 2.31. The highest BCUT2D eigenvalue weighted by molar-refractivity contribution is 5.88. The van der Waals surface area contributed by atoms with Crippen molar-refractivity contribution in [2.75, 3.05) is 13.7 Å². The minimum absolute atomic E-state index is 0.0326. The molecule has 0 fully saturated rings. The van der Waals surface area contributed by atoms with Crippen LogP contribution in [0.3, 0.4) is 0 Å². The van der Waals surface area contributed by atoms with Gasteiger partial charge in [0.1, 0.15) is 17.5 Å². The summed E-state index contributed by atoms with van der Waals surface area (Å²) >= 11 is 0. The van der Waals surface area contributed by atoms with Crippen LogP contribution in [0.25, 0.3) is 0 Å². The molecule has 6 heteroatoms. The third-order valence-corrected chi connectivity index (χ3v) is 5.92.